The first-order valence-corrected chi connectivity index (χ1v) is 12.1. The lowest BCUT2D eigenvalue weighted by Gasteiger charge is -2.60. The van der Waals surface area contributed by atoms with Crippen molar-refractivity contribution in [2.24, 2.45) is 46.2 Å². The van der Waals surface area contributed by atoms with E-state index in [4.69, 9.17) is 18.4 Å². The van der Waals surface area contributed by atoms with Crippen LogP contribution in [-0.2, 0) is 0 Å². The second kappa shape index (κ2) is 6.28. The van der Waals surface area contributed by atoms with Gasteiger partial charge in [0.1, 0.15) is 0 Å². The van der Waals surface area contributed by atoms with Crippen LogP contribution in [0.5, 0.6) is 0 Å². The van der Waals surface area contributed by atoms with Crippen LogP contribution in [-0.4, -0.2) is 11.3 Å². The third-order valence-electron chi connectivity index (χ3n) is 10.1. The van der Waals surface area contributed by atoms with Gasteiger partial charge < -0.3 is 5.73 Å². The highest BCUT2D eigenvalue weighted by Gasteiger charge is 2.61. The van der Waals surface area contributed by atoms with E-state index in [1.165, 1.54) is 70.6 Å². The fraction of sp³-hybridized carbons (Fsp3) is 0.917. The zero-order chi connectivity index (χ0) is 18.1. The summed E-state index contributed by atoms with van der Waals surface area (Å²) < 4.78 is 0. The van der Waals surface area contributed by atoms with E-state index >= 15 is 0 Å². The smallest absolute Gasteiger partial charge is 0.00837 e. The largest absolute Gasteiger partial charge is 0.327 e. The standard InChI is InChI=1S/C24H39NS/c1-23-12-11-17(26)13-16(23)7-8-18-20-10-9-19(15-5-3-4-6-15)24(20,2)14-21(25)22(18)23/h7,15,17-22,26H,3-6,8-14,25H2,1-2H3. The molecule has 0 amide bonds. The Labute approximate surface area is 166 Å². The van der Waals surface area contributed by atoms with Gasteiger partial charge in [-0.15, -0.1) is 0 Å². The first-order chi connectivity index (χ1) is 12.4. The van der Waals surface area contributed by atoms with Crippen molar-refractivity contribution in [1.29, 1.82) is 0 Å². The molecule has 5 aliphatic carbocycles. The molecule has 2 heteroatoms. The van der Waals surface area contributed by atoms with Gasteiger partial charge in [-0.25, -0.2) is 0 Å². The minimum absolute atomic E-state index is 0.369. The van der Waals surface area contributed by atoms with Crippen LogP contribution in [0, 0.1) is 40.4 Å². The summed E-state index contributed by atoms with van der Waals surface area (Å²) >= 11 is 4.82. The highest BCUT2D eigenvalue weighted by molar-refractivity contribution is 7.80. The van der Waals surface area contributed by atoms with Crippen molar-refractivity contribution >= 4 is 12.6 Å². The maximum absolute atomic E-state index is 7.07. The lowest BCUT2D eigenvalue weighted by atomic mass is 9.45. The fourth-order valence-electron chi connectivity index (χ4n) is 9.08. The number of fused-ring (bicyclic) bond motifs is 5. The molecule has 0 bridgehead atoms. The van der Waals surface area contributed by atoms with Gasteiger partial charge in [-0.2, -0.15) is 12.6 Å². The molecule has 2 N–H and O–H groups in total. The van der Waals surface area contributed by atoms with E-state index < -0.39 is 0 Å². The minimum atomic E-state index is 0.369. The average molecular weight is 374 g/mol. The number of hydrogen-bond donors (Lipinski definition) is 2. The Morgan fingerprint density at radius 2 is 1.77 bits per heavy atom. The number of rotatable bonds is 1. The van der Waals surface area contributed by atoms with Gasteiger partial charge in [0.25, 0.3) is 0 Å². The van der Waals surface area contributed by atoms with Gasteiger partial charge in [0, 0.05) is 11.3 Å². The highest BCUT2D eigenvalue weighted by Crippen LogP contribution is 2.67. The van der Waals surface area contributed by atoms with Crippen molar-refractivity contribution < 1.29 is 0 Å². The molecule has 26 heavy (non-hydrogen) atoms. The van der Waals surface area contributed by atoms with Crippen molar-refractivity contribution in [3.05, 3.63) is 11.6 Å². The van der Waals surface area contributed by atoms with Crippen LogP contribution in [0.4, 0.5) is 0 Å². The Morgan fingerprint density at radius 3 is 2.54 bits per heavy atom. The summed E-state index contributed by atoms with van der Waals surface area (Å²) in [7, 11) is 0. The quantitative estimate of drug-likeness (QED) is 0.428. The molecule has 0 heterocycles. The lowest BCUT2D eigenvalue weighted by Crippen LogP contribution is -2.59. The van der Waals surface area contributed by atoms with Gasteiger partial charge in [0.2, 0.25) is 0 Å². The summed E-state index contributed by atoms with van der Waals surface area (Å²) in [5.41, 5.74) is 9.68. The van der Waals surface area contributed by atoms with Crippen LogP contribution in [0.25, 0.3) is 0 Å². The van der Waals surface area contributed by atoms with Gasteiger partial charge in [0.05, 0.1) is 0 Å². The first kappa shape index (κ1) is 18.1. The molecule has 5 rings (SSSR count). The zero-order valence-electron chi connectivity index (χ0n) is 16.9. The molecular weight excluding hydrogens is 334 g/mol. The van der Waals surface area contributed by atoms with E-state index in [9.17, 15) is 0 Å². The number of hydrogen-bond acceptors (Lipinski definition) is 2. The predicted octanol–water partition coefficient (Wildman–Crippen LogP) is 5.99. The van der Waals surface area contributed by atoms with Crippen molar-refractivity contribution in [3.63, 3.8) is 0 Å². The summed E-state index contributed by atoms with van der Waals surface area (Å²) in [6.45, 7) is 5.23. The molecule has 0 spiro atoms. The van der Waals surface area contributed by atoms with Crippen molar-refractivity contribution in [1.82, 2.24) is 0 Å². The maximum Gasteiger partial charge on any atom is 0.00837 e. The van der Waals surface area contributed by atoms with Gasteiger partial charge in [-0.3, -0.25) is 0 Å². The van der Waals surface area contributed by atoms with E-state index in [1.807, 2.05) is 0 Å². The predicted molar refractivity (Wildman–Crippen MR) is 113 cm³/mol. The molecule has 0 saturated heterocycles. The Morgan fingerprint density at radius 1 is 1.04 bits per heavy atom. The lowest BCUT2D eigenvalue weighted by molar-refractivity contribution is -0.0627. The molecule has 5 aliphatic rings. The maximum atomic E-state index is 7.07. The van der Waals surface area contributed by atoms with Crippen molar-refractivity contribution in [3.8, 4) is 0 Å². The Balaban J connectivity index is 1.47. The fourth-order valence-corrected chi connectivity index (χ4v) is 9.41. The number of thiol groups is 1. The minimum Gasteiger partial charge on any atom is -0.327 e. The molecule has 146 valence electrons. The van der Waals surface area contributed by atoms with Crippen LogP contribution in [0.2, 0.25) is 0 Å². The molecule has 0 aromatic carbocycles. The van der Waals surface area contributed by atoms with Crippen LogP contribution in [0.1, 0.15) is 84.5 Å². The molecule has 8 atom stereocenters. The zero-order valence-corrected chi connectivity index (χ0v) is 17.8. The molecule has 4 saturated carbocycles. The monoisotopic (exact) mass is 373 g/mol. The second-order valence-electron chi connectivity index (χ2n) is 11.2. The third-order valence-corrected chi connectivity index (χ3v) is 10.6. The topological polar surface area (TPSA) is 26.0 Å². The highest BCUT2D eigenvalue weighted by atomic mass is 32.1. The Kier molecular flexibility index (Phi) is 4.37. The molecule has 1 nitrogen and oxygen atoms in total. The summed E-state index contributed by atoms with van der Waals surface area (Å²) in [6, 6.07) is 0.411. The normalized spacial score (nSPS) is 54.4. The van der Waals surface area contributed by atoms with E-state index in [2.05, 4.69) is 19.9 Å². The molecule has 4 fully saturated rings. The van der Waals surface area contributed by atoms with Crippen LogP contribution in [0.15, 0.2) is 11.6 Å². The SMILES string of the molecule is CC12CCC(S)CC1=CCC1C2C(N)CC2(C)C(C3CCCC3)CCC12. The third kappa shape index (κ3) is 2.46. The van der Waals surface area contributed by atoms with Crippen LogP contribution in [0.3, 0.4) is 0 Å². The van der Waals surface area contributed by atoms with Gasteiger partial charge in [0.15, 0.2) is 0 Å². The van der Waals surface area contributed by atoms with E-state index in [1.54, 1.807) is 5.57 Å². The van der Waals surface area contributed by atoms with Crippen molar-refractivity contribution in [2.75, 3.05) is 0 Å². The summed E-state index contributed by atoms with van der Waals surface area (Å²) in [6.07, 6.45) is 18.0. The molecule has 0 radical (unpaired) electrons. The Hall–Kier alpha value is 0.0500. The van der Waals surface area contributed by atoms with Gasteiger partial charge >= 0.3 is 0 Å². The van der Waals surface area contributed by atoms with E-state index in [0.29, 0.717) is 22.1 Å². The Bertz CT molecular complexity index is 593. The van der Waals surface area contributed by atoms with E-state index in [-0.39, 0.29) is 0 Å². The van der Waals surface area contributed by atoms with Gasteiger partial charge in [-0.1, -0.05) is 51.2 Å². The first-order valence-electron chi connectivity index (χ1n) is 11.6. The number of allylic oxidation sites excluding steroid dienone is 2. The van der Waals surface area contributed by atoms with E-state index in [0.717, 1.165) is 29.6 Å². The van der Waals surface area contributed by atoms with Crippen molar-refractivity contribution in [2.45, 2.75) is 95.8 Å². The summed E-state index contributed by atoms with van der Waals surface area (Å²) in [5, 5.41) is 0.578. The molecular formula is C24H39NS. The average Bonchev–Trinajstić information content (AvgIpc) is 3.21. The number of nitrogens with two attached hydrogens (primary N) is 1. The molecule has 0 aromatic rings. The summed E-state index contributed by atoms with van der Waals surface area (Å²) in [4.78, 5) is 0. The summed E-state index contributed by atoms with van der Waals surface area (Å²) in [5.74, 6) is 4.48. The second-order valence-corrected chi connectivity index (χ2v) is 11.9. The van der Waals surface area contributed by atoms with Gasteiger partial charge in [-0.05, 0) is 85.4 Å². The molecule has 8 unspecified atom stereocenters. The molecule has 0 aliphatic heterocycles. The van der Waals surface area contributed by atoms with Crippen LogP contribution < -0.4 is 5.73 Å². The van der Waals surface area contributed by atoms with Crippen LogP contribution >= 0.6 is 12.6 Å². The molecule has 0 aromatic heterocycles.